The number of dihydropyridines is 1. The van der Waals surface area contributed by atoms with Gasteiger partial charge in [0.05, 0.1) is 24.7 Å². The predicted octanol–water partition coefficient (Wildman–Crippen LogP) is 5.38. The minimum atomic E-state index is -0.693. The van der Waals surface area contributed by atoms with Crippen molar-refractivity contribution in [3.05, 3.63) is 48.3 Å². The van der Waals surface area contributed by atoms with E-state index in [0.29, 0.717) is 30.8 Å². The van der Waals surface area contributed by atoms with E-state index in [4.69, 9.17) is 9.47 Å². The molecule has 5 aliphatic rings. The van der Waals surface area contributed by atoms with Crippen LogP contribution >= 0.6 is 0 Å². The topological polar surface area (TPSA) is 85.2 Å². The summed E-state index contributed by atoms with van der Waals surface area (Å²) in [5, 5.41) is 11.7. The molecule has 0 saturated heterocycles. The van der Waals surface area contributed by atoms with Crippen LogP contribution in [0.4, 0.5) is 0 Å². The number of aliphatic hydroxyl groups is 1. The average Bonchev–Trinajstić information content (AvgIpc) is 3.27. The van der Waals surface area contributed by atoms with Crippen LogP contribution in [0.15, 0.2) is 53.3 Å². The van der Waals surface area contributed by atoms with Crippen molar-refractivity contribution < 1.29 is 24.2 Å². The van der Waals surface area contributed by atoms with E-state index in [1.807, 2.05) is 44.2 Å². The fraction of sp³-hybridized carbons (Fsp3) is 0.656. The van der Waals surface area contributed by atoms with Crippen molar-refractivity contribution in [1.29, 1.82) is 0 Å². The Morgan fingerprint density at radius 1 is 1.24 bits per heavy atom. The summed E-state index contributed by atoms with van der Waals surface area (Å²) in [6.07, 6.45) is 13.6. The number of esters is 1. The van der Waals surface area contributed by atoms with Gasteiger partial charge >= 0.3 is 5.97 Å². The summed E-state index contributed by atoms with van der Waals surface area (Å²) in [7, 11) is 0. The van der Waals surface area contributed by atoms with Crippen LogP contribution in [0.25, 0.3) is 0 Å². The second kappa shape index (κ2) is 9.62. The SMILES string of the molecule is C=C[C@]1(C)C[C@@H](OC(=O)C2=C(OCC)C3C=CC=CC3N=C2)[C@]2(C)C(C)CCC3(CCC(=O)C32)[C@@H](C)[C@@H]1O. The summed E-state index contributed by atoms with van der Waals surface area (Å²) >= 11 is 0. The highest BCUT2D eigenvalue weighted by Gasteiger charge is 2.68. The lowest BCUT2D eigenvalue weighted by molar-refractivity contribution is -0.204. The average molecular weight is 522 g/mol. The Bertz CT molecular complexity index is 1130. The number of rotatable bonds is 5. The van der Waals surface area contributed by atoms with E-state index in [1.165, 1.54) is 0 Å². The molecule has 1 N–H and O–H groups in total. The maximum absolute atomic E-state index is 14.0. The first-order valence-electron chi connectivity index (χ1n) is 14.3. The molecule has 0 amide bonds. The third-order valence-corrected chi connectivity index (χ3v) is 11.1. The van der Waals surface area contributed by atoms with Crippen LogP contribution in [0.2, 0.25) is 0 Å². The molecule has 0 spiro atoms. The molecule has 3 fully saturated rings. The number of carbonyl (C=O) groups is 2. The van der Waals surface area contributed by atoms with E-state index < -0.39 is 29.0 Å². The summed E-state index contributed by atoms with van der Waals surface area (Å²) in [5.41, 5.74) is -1.21. The molecule has 1 heterocycles. The highest BCUT2D eigenvalue weighted by molar-refractivity contribution is 6.10. The first-order valence-corrected chi connectivity index (χ1v) is 14.3. The van der Waals surface area contributed by atoms with Gasteiger partial charge in [-0.3, -0.25) is 9.79 Å². The Morgan fingerprint density at radius 2 is 1.97 bits per heavy atom. The van der Waals surface area contributed by atoms with Crippen LogP contribution in [0.3, 0.4) is 0 Å². The van der Waals surface area contributed by atoms with Gasteiger partial charge in [0, 0.05) is 29.4 Å². The second-order valence-electron chi connectivity index (χ2n) is 12.8. The lowest BCUT2D eigenvalue weighted by Gasteiger charge is -2.61. The Kier molecular flexibility index (Phi) is 6.86. The third kappa shape index (κ3) is 3.81. The zero-order valence-corrected chi connectivity index (χ0v) is 23.5. The van der Waals surface area contributed by atoms with Gasteiger partial charge in [0.15, 0.2) is 0 Å². The lowest BCUT2D eigenvalue weighted by atomic mass is 9.44. The van der Waals surface area contributed by atoms with Gasteiger partial charge in [-0.25, -0.2) is 4.79 Å². The fourth-order valence-electron chi connectivity index (χ4n) is 8.56. The molecule has 1 aliphatic heterocycles. The van der Waals surface area contributed by atoms with Crippen molar-refractivity contribution in [1.82, 2.24) is 0 Å². The zero-order chi connectivity index (χ0) is 27.5. The molecule has 38 heavy (non-hydrogen) atoms. The van der Waals surface area contributed by atoms with Crippen LogP contribution < -0.4 is 0 Å². The molecule has 2 bridgehead atoms. The highest BCUT2D eigenvalue weighted by Crippen LogP contribution is 2.68. The third-order valence-electron chi connectivity index (χ3n) is 11.1. The van der Waals surface area contributed by atoms with Crippen LogP contribution in [-0.2, 0) is 19.1 Å². The van der Waals surface area contributed by atoms with Crippen LogP contribution in [-0.4, -0.2) is 47.9 Å². The molecule has 0 radical (unpaired) electrons. The quantitative estimate of drug-likeness (QED) is 0.388. The Labute approximate surface area is 227 Å². The van der Waals surface area contributed by atoms with E-state index in [1.54, 1.807) is 6.21 Å². The van der Waals surface area contributed by atoms with Crippen molar-refractivity contribution in [2.75, 3.05) is 6.61 Å². The van der Waals surface area contributed by atoms with Gasteiger partial charge in [-0.05, 0) is 49.9 Å². The number of allylic oxidation sites excluding steroid dienone is 2. The minimum absolute atomic E-state index is 0.0637. The first-order chi connectivity index (χ1) is 18.0. The van der Waals surface area contributed by atoms with Gasteiger partial charge in [-0.1, -0.05) is 58.1 Å². The van der Waals surface area contributed by atoms with Crippen LogP contribution in [0.1, 0.15) is 66.7 Å². The van der Waals surface area contributed by atoms with E-state index >= 15 is 0 Å². The number of hydrogen-bond acceptors (Lipinski definition) is 6. The van der Waals surface area contributed by atoms with Crippen molar-refractivity contribution in [3.63, 3.8) is 0 Å². The first kappa shape index (κ1) is 27.1. The van der Waals surface area contributed by atoms with Gasteiger partial charge in [0.2, 0.25) is 0 Å². The molecular formula is C32H43NO5. The van der Waals surface area contributed by atoms with E-state index in [-0.39, 0.29) is 40.9 Å². The zero-order valence-electron chi connectivity index (χ0n) is 23.5. The number of ether oxygens (including phenoxy) is 2. The lowest BCUT2D eigenvalue weighted by Crippen LogP contribution is -2.63. The summed E-state index contributed by atoms with van der Waals surface area (Å²) < 4.78 is 12.5. The molecule has 10 atom stereocenters. The molecule has 0 aromatic carbocycles. The van der Waals surface area contributed by atoms with E-state index in [2.05, 4.69) is 32.3 Å². The standard InChI is InChI=1S/C32H43NO5/c1-7-30(5)17-25(38-29(36)22-18-33-23-12-10-9-11-21(23)26(22)37-8-2)31(6)19(3)13-15-32(20(4)28(30)35)16-14-24(34)27(31)32/h7,9-12,18-21,23,25,27-28,35H,1,8,13-17H2,2-6H3/t19?,20-,21?,23?,25+,27?,28-,30+,31-,32?/m0/s1. The number of carbonyl (C=O) groups excluding carboxylic acids is 2. The summed E-state index contributed by atoms with van der Waals surface area (Å²) in [6, 6.07) is -0.104. The number of Topliss-reactive ketones (excluding diaryl/α,β-unsaturated/α-hetero) is 1. The number of aliphatic hydroxyl groups excluding tert-OH is 1. The van der Waals surface area contributed by atoms with Gasteiger partial charge in [-0.2, -0.15) is 0 Å². The molecule has 6 heteroatoms. The molecule has 5 rings (SSSR count). The number of fused-ring (bicyclic) bond motifs is 1. The number of ketones is 1. The smallest absolute Gasteiger partial charge is 0.343 e. The summed E-state index contributed by atoms with van der Waals surface area (Å²) in [4.78, 5) is 32.2. The molecule has 206 valence electrons. The maximum atomic E-state index is 14.0. The van der Waals surface area contributed by atoms with Gasteiger partial charge < -0.3 is 14.6 Å². The van der Waals surface area contributed by atoms with Crippen molar-refractivity contribution in [2.24, 2.45) is 44.9 Å². The van der Waals surface area contributed by atoms with Gasteiger partial charge in [-0.15, -0.1) is 6.58 Å². The van der Waals surface area contributed by atoms with Crippen molar-refractivity contribution >= 4 is 18.0 Å². The van der Waals surface area contributed by atoms with Crippen molar-refractivity contribution in [3.8, 4) is 0 Å². The predicted molar refractivity (Wildman–Crippen MR) is 147 cm³/mol. The Balaban J connectivity index is 1.59. The fourth-order valence-corrected chi connectivity index (χ4v) is 8.56. The highest BCUT2D eigenvalue weighted by atomic mass is 16.5. The minimum Gasteiger partial charge on any atom is -0.497 e. The van der Waals surface area contributed by atoms with E-state index in [9.17, 15) is 14.7 Å². The largest absolute Gasteiger partial charge is 0.497 e. The number of aliphatic imine (C=N–C) groups is 1. The molecule has 0 aromatic heterocycles. The number of nitrogens with zero attached hydrogens (tertiary/aromatic N) is 1. The monoisotopic (exact) mass is 521 g/mol. The molecule has 6 nitrogen and oxygen atoms in total. The summed E-state index contributed by atoms with van der Waals surface area (Å²) in [6.45, 7) is 14.9. The van der Waals surface area contributed by atoms with Crippen molar-refractivity contribution in [2.45, 2.75) is 85.0 Å². The van der Waals surface area contributed by atoms with E-state index in [0.717, 1.165) is 19.3 Å². The summed E-state index contributed by atoms with van der Waals surface area (Å²) in [5.74, 6) is 0.0486. The molecule has 3 saturated carbocycles. The molecule has 0 aromatic rings. The number of hydrogen-bond donors (Lipinski definition) is 1. The molecule has 4 aliphatic carbocycles. The second-order valence-corrected chi connectivity index (χ2v) is 12.8. The van der Waals surface area contributed by atoms with Gasteiger partial charge in [0.25, 0.3) is 0 Å². The van der Waals surface area contributed by atoms with Crippen LogP contribution in [0, 0.1) is 39.9 Å². The molecule has 5 unspecified atom stereocenters. The Morgan fingerprint density at radius 3 is 2.68 bits per heavy atom. The van der Waals surface area contributed by atoms with Crippen LogP contribution in [0.5, 0.6) is 0 Å². The normalized spacial score (nSPS) is 45.6. The maximum Gasteiger partial charge on any atom is 0.343 e. The molecular weight excluding hydrogens is 478 g/mol. The Hall–Kier alpha value is -2.47. The van der Waals surface area contributed by atoms with Gasteiger partial charge in [0.1, 0.15) is 23.2 Å².